The van der Waals surface area contributed by atoms with Crippen LogP contribution in [0.4, 0.5) is 0 Å². The lowest BCUT2D eigenvalue weighted by Crippen LogP contribution is -2.40. The van der Waals surface area contributed by atoms with E-state index in [1.165, 1.54) is 0 Å². The van der Waals surface area contributed by atoms with Gasteiger partial charge >= 0.3 is 0 Å². The molecule has 2 aromatic carbocycles. The van der Waals surface area contributed by atoms with Gasteiger partial charge in [0.1, 0.15) is 0 Å². The van der Waals surface area contributed by atoms with Gasteiger partial charge in [0.05, 0.1) is 5.02 Å². The van der Waals surface area contributed by atoms with Crippen LogP contribution >= 0.6 is 23.4 Å². The summed E-state index contributed by atoms with van der Waals surface area (Å²) in [6.07, 6.45) is 1.99. The van der Waals surface area contributed by atoms with E-state index >= 15 is 0 Å². The van der Waals surface area contributed by atoms with Crippen LogP contribution in [0.15, 0.2) is 59.5 Å². The molecule has 0 bridgehead atoms. The van der Waals surface area contributed by atoms with Gasteiger partial charge in [-0.1, -0.05) is 54.1 Å². The lowest BCUT2D eigenvalue weighted by atomic mass is 9.89. The van der Waals surface area contributed by atoms with Crippen LogP contribution < -0.4 is 0 Å². The highest BCUT2D eigenvalue weighted by molar-refractivity contribution is 7.99. The molecule has 5 heteroatoms. The van der Waals surface area contributed by atoms with Crippen molar-refractivity contribution in [1.29, 1.82) is 0 Å². The smallest absolute Gasteiger partial charge is 0.223 e. The van der Waals surface area contributed by atoms with Gasteiger partial charge in [-0.15, -0.1) is 11.8 Å². The van der Waals surface area contributed by atoms with Gasteiger partial charge in [0.2, 0.25) is 5.91 Å². The Morgan fingerprint density at radius 2 is 1.65 bits per heavy atom. The normalized spacial score (nSPS) is 15.0. The molecule has 0 spiro atoms. The molecule has 136 valence electrons. The third-order valence-corrected chi connectivity index (χ3v) is 6.20. The highest BCUT2D eigenvalue weighted by atomic mass is 35.5. The molecule has 1 heterocycles. The topological polar surface area (TPSA) is 37.4 Å². The monoisotopic (exact) mass is 387 g/mol. The number of amides is 1. The van der Waals surface area contributed by atoms with Crippen molar-refractivity contribution < 1.29 is 9.59 Å². The number of piperidine rings is 1. The Labute approximate surface area is 163 Å². The largest absolute Gasteiger partial charge is 0.343 e. The van der Waals surface area contributed by atoms with Gasteiger partial charge in [-0.25, -0.2) is 0 Å². The molecular formula is C21H22ClNO2S. The number of Topliss-reactive ketones (excluding diaryl/α,β-unsaturated/α-hetero) is 1. The van der Waals surface area contributed by atoms with Crippen LogP contribution in [0.1, 0.15) is 29.6 Å². The van der Waals surface area contributed by atoms with Crippen LogP contribution in [-0.2, 0) is 4.79 Å². The Hall–Kier alpha value is -1.78. The van der Waals surface area contributed by atoms with Gasteiger partial charge in [0.25, 0.3) is 0 Å². The summed E-state index contributed by atoms with van der Waals surface area (Å²) in [5.41, 5.74) is 0.772. The van der Waals surface area contributed by atoms with E-state index in [1.807, 2.05) is 59.5 Å². The molecule has 3 rings (SSSR count). The summed E-state index contributed by atoms with van der Waals surface area (Å²) >= 11 is 7.74. The number of benzene rings is 2. The second-order valence-corrected chi connectivity index (χ2v) is 7.96. The lowest BCUT2D eigenvalue weighted by Gasteiger charge is -2.31. The molecule has 0 unspecified atom stereocenters. The Kier molecular flexibility index (Phi) is 6.75. The molecule has 1 fully saturated rings. The number of carbonyl (C=O) groups is 2. The van der Waals surface area contributed by atoms with Crippen LogP contribution in [0.25, 0.3) is 0 Å². The molecule has 2 aromatic rings. The Balaban J connectivity index is 1.43. The first kappa shape index (κ1) is 19.0. The molecule has 0 atom stereocenters. The lowest BCUT2D eigenvalue weighted by molar-refractivity contribution is -0.131. The van der Waals surface area contributed by atoms with E-state index in [0.717, 1.165) is 28.3 Å². The fourth-order valence-electron chi connectivity index (χ4n) is 3.20. The molecule has 0 aromatic heterocycles. The van der Waals surface area contributed by atoms with Gasteiger partial charge in [0, 0.05) is 41.6 Å². The van der Waals surface area contributed by atoms with E-state index in [9.17, 15) is 9.59 Å². The van der Waals surface area contributed by atoms with E-state index in [-0.39, 0.29) is 17.6 Å². The van der Waals surface area contributed by atoms with Gasteiger partial charge in [0.15, 0.2) is 5.78 Å². The van der Waals surface area contributed by atoms with Crippen molar-refractivity contribution in [3.63, 3.8) is 0 Å². The summed E-state index contributed by atoms with van der Waals surface area (Å²) in [4.78, 5) is 27.8. The number of thioether (sulfide) groups is 1. The van der Waals surface area contributed by atoms with Crippen molar-refractivity contribution in [3.05, 3.63) is 65.2 Å². The minimum atomic E-state index is 0.0268. The number of hydrogen-bond donors (Lipinski definition) is 0. The Morgan fingerprint density at radius 3 is 2.35 bits per heavy atom. The first-order chi connectivity index (χ1) is 12.6. The minimum Gasteiger partial charge on any atom is -0.343 e. The van der Waals surface area contributed by atoms with Gasteiger partial charge in [-0.05, 0) is 25.0 Å². The van der Waals surface area contributed by atoms with Crippen molar-refractivity contribution in [1.82, 2.24) is 4.90 Å². The molecule has 0 N–H and O–H groups in total. The summed E-state index contributed by atoms with van der Waals surface area (Å²) in [7, 11) is 0. The maximum Gasteiger partial charge on any atom is 0.223 e. The number of halogens is 1. The van der Waals surface area contributed by atoms with E-state index in [2.05, 4.69) is 0 Å². The van der Waals surface area contributed by atoms with Gasteiger partial charge in [-0.2, -0.15) is 0 Å². The van der Waals surface area contributed by atoms with Crippen LogP contribution in [0, 0.1) is 5.92 Å². The van der Waals surface area contributed by atoms with Crippen molar-refractivity contribution >= 4 is 35.1 Å². The molecule has 3 nitrogen and oxygen atoms in total. The first-order valence-electron chi connectivity index (χ1n) is 8.89. The van der Waals surface area contributed by atoms with E-state index in [1.54, 1.807) is 11.8 Å². The zero-order chi connectivity index (χ0) is 18.4. The fraction of sp³-hybridized carbons (Fsp3) is 0.333. The van der Waals surface area contributed by atoms with Crippen molar-refractivity contribution in [2.75, 3.05) is 18.8 Å². The number of hydrogen-bond acceptors (Lipinski definition) is 3. The highest BCUT2D eigenvalue weighted by Crippen LogP contribution is 2.27. The molecule has 0 saturated carbocycles. The molecule has 0 radical (unpaired) electrons. The van der Waals surface area contributed by atoms with Gasteiger partial charge in [-0.3, -0.25) is 9.59 Å². The predicted molar refractivity (Wildman–Crippen MR) is 107 cm³/mol. The number of carbonyl (C=O) groups excluding carboxylic acids is 2. The van der Waals surface area contributed by atoms with Crippen molar-refractivity contribution in [2.24, 2.45) is 5.92 Å². The van der Waals surface area contributed by atoms with Gasteiger partial charge < -0.3 is 4.90 Å². The number of likely N-dealkylation sites (tertiary alicyclic amines) is 1. The summed E-state index contributed by atoms with van der Waals surface area (Å²) in [6, 6.07) is 17.1. The van der Waals surface area contributed by atoms with Crippen LogP contribution in [0.3, 0.4) is 0 Å². The van der Waals surface area contributed by atoms with E-state index < -0.39 is 0 Å². The van der Waals surface area contributed by atoms with E-state index in [0.29, 0.717) is 25.3 Å². The molecule has 26 heavy (non-hydrogen) atoms. The standard InChI is InChI=1S/C21H22ClNO2S/c22-18-8-4-5-9-19(18)26-15-12-20(24)23-13-10-17(11-14-23)21(25)16-6-2-1-3-7-16/h1-9,17H,10-15H2. The van der Waals surface area contributed by atoms with E-state index in [4.69, 9.17) is 11.6 Å². The average Bonchev–Trinajstić information content (AvgIpc) is 2.69. The zero-order valence-electron chi connectivity index (χ0n) is 14.6. The second-order valence-electron chi connectivity index (χ2n) is 6.41. The Bertz CT molecular complexity index is 758. The summed E-state index contributed by atoms with van der Waals surface area (Å²) in [5.74, 6) is 1.10. The molecular weight excluding hydrogens is 366 g/mol. The second kappa shape index (κ2) is 9.24. The zero-order valence-corrected chi connectivity index (χ0v) is 16.1. The number of rotatable bonds is 6. The third kappa shape index (κ3) is 4.89. The molecule has 1 aliphatic rings. The molecule has 1 amide bonds. The quantitative estimate of drug-likeness (QED) is 0.520. The van der Waals surface area contributed by atoms with Crippen LogP contribution in [-0.4, -0.2) is 35.4 Å². The summed E-state index contributed by atoms with van der Waals surface area (Å²) < 4.78 is 0. The SMILES string of the molecule is O=C(c1ccccc1)C1CCN(C(=O)CCSc2ccccc2Cl)CC1. The van der Waals surface area contributed by atoms with Crippen LogP contribution in [0.5, 0.6) is 0 Å². The molecule has 0 aliphatic carbocycles. The first-order valence-corrected chi connectivity index (χ1v) is 10.3. The molecule has 1 saturated heterocycles. The fourth-order valence-corrected chi connectivity index (χ4v) is 4.37. The average molecular weight is 388 g/mol. The van der Waals surface area contributed by atoms with Crippen LogP contribution in [0.2, 0.25) is 5.02 Å². The summed E-state index contributed by atoms with van der Waals surface area (Å²) in [5, 5.41) is 0.727. The number of ketones is 1. The van der Waals surface area contributed by atoms with Crippen molar-refractivity contribution in [3.8, 4) is 0 Å². The maximum atomic E-state index is 12.5. The minimum absolute atomic E-state index is 0.0268. The number of nitrogens with zero attached hydrogens (tertiary/aromatic N) is 1. The highest BCUT2D eigenvalue weighted by Gasteiger charge is 2.27. The molecule has 1 aliphatic heterocycles. The Morgan fingerprint density at radius 1 is 1.00 bits per heavy atom. The van der Waals surface area contributed by atoms with Crippen molar-refractivity contribution in [2.45, 2.75) is 24.2 Å². The maximum absolute atomic E-state index is 12.5. The third-order valence-electron chi connectivity index (χ3n) is 4.69. The summed E-state index contributed by atoms with van der Waals surface area (Å²) in [6.45, 7) is 1.33. The predicted octanol–water partition coefficient (Wildman–Crippen LogP) is 4.94.